The van der Waals surface area contributed by atoms with Gasteiger partial charge in [0.25, 0.3) is 0 Å². The van der Waals surface area contributed by atoms with Gasteiger partial charge in [-0.1, -0.05) is 13.8 Å². The van der Waals surface area contributed by atoms with E-state index in [1.54, 1.807) is 28.6 Å². The molecule has 0 bridgehead atoms. The van der Waals surface area contributed by atoms with Gasteiger partial charge in [-0.05, 0) is 5.92 Å². The van der Waals surface area contributed by atoms with Crippen LogP contribution >= 0.6 is 0 Å². The van der Waals surface area contributed by atoms with E-state index in [4.69, 9.17) is 4.74 Å². The second-order valence-electron chi connectivity index (χ2n) is 3.85. The fraction of sp³-hybridized carbons (Fsp3) is 0.700. The Morgan fingerprint density at radius 2 is 2.14 bits per heavy atom. The minimum atomic E-state index is 0.0122. The van der Waals surface area contributed by atoms with Crippen LogP contribution in [0, 0.1) is 5.92 Å². The molecule has 0 aliphatic heterocycles. The van der Waals surface area contributed by atoms with Gasteiger partial charge in [-0.15, -0.1) is 0 Å². The lowest BCUT2D eigenvalue weighted by molar-refractivity contribution is 0.102. The molecule has 4 nitrogen and oxygen atoms in total. The third-order valence-electron chi connectivity index (χ3n) is 1.95. The Labute approximate surface area is 84.1 Å². The Morgan fingerprint density at radius 1 is 1.43 bits per heavy atom. The lowest BCUT2D eigenvalue weighted by Crippen LogP contribution is -2.23. The highest BCUT2D eigenvalue weighted by Crippen LogP contribution is 1.92. The number of ether oxygens (including phenoxy) is 1. The van der Waals surface area contributed by atoms with Gasteiger partial charge in [0.2, 0.25) is 0 Å². The third-order valence-corrected chi connectivity index (χ3v) is 1.95. The third kappa shape index (κ3) is 3.03. The molecule has 0 aromatic carbocycles. The molecule has 0 aliphatic carbocycles. The molecule has 0 atom stereocenters. The highest BCUT2D eigenvalue weighted by atomic mass is 16.5. The van der Waals surface area contributed by atoms with Crippen molar-refractivity contribution in [3.8, 4) is 0 Å². The van der Waals surface area contributed by atoms with Gasteiger partial charge in [0.05, 0.1) is 13.2 Å². The predicted octanol–water partition coefficient (Wildman–Crippen LogP) is 0.859. The summed E-state index contributed by atoms with van der Waals surface area (Å²) < 4.78 is 8.61. The highest BCUT2D eigenvalue weighted by Gasteiger charge is 1.99. The van der Waals surface area contributed by atoms with Crippen LogP contribution in [0.3, 0.4) is 0 Å². The molecule has 0 radical (unpaired) electrons. The van der Waals surface area contributed by atoms with Crippen LogP contribution in [0.25, 0.3) is 0 Å². The number of nitrogens with zero attached hydrogens (tertiary/aromatic N) is 2. The zero-order valence-corrected chi connectivity index (χ0v) is 9.06. The van der Waals surface area contributed by atoms with Crippen LogP contribution in [0.15, 0.2) is 17.2 Å². The summed E-state index contributed by atoms with van der Waals surface area (Å²) in [6, 6.07) is 0. The fourth-order valence-corrected chi connectivity index (χ4v) is 1.16. The van der Waals surface area contributed by atoms with Gasteiger partial charge in [0, 0.05) is 26.0 Å². The zero-order valence-electron chi connectivity index (χ0n) is 9.06. The molecular formula is C10H18N2O2. The molecule has 0 fully saturated rings. The Balaban J connectivity index is 2.32. The molecule has 0 amide bonds. The fourth-order valence-electron chi connectivity index (χ4n) is 1.16. The largest absolute Gasteiger partial charge is 0.379 e. The van der Waals surface area contributed by atoms with Crippen molar-refractivity contribution in [3.63, 3.8) is 0 Å². The SMILES string of the molecule is CC(C)COCCn1ccn(C)c1=O. The lowest BCUT2D eigenvalue weighted by Gasteiger charge is -2.06. The van der Waals surface area contributed by atoms with Gasteiger partial charge in [0.1, 0.15) is 0 Å². The molecule has 14 heavy (non-hydrogen) atoms. The predicted molar refractivity (Wildman–Crippen MR) is 55.3 cm³/mol. The van der Waals surface area contributed by atoms with Crippen molar-refractivity contribution in [2.24, 2.45) is 13.0 Å². The van der Waals surface area contributed by atoms with Crippen LogP contribution in [0.2, 0.25) is 0 Å². The smallest absolute Gasteiger partial charge is 0.327 e. The van der Waals surface area contributed by atoms with Crippen molar-refractivity contribution < 1.29 is 4.74 Å². The molecule has 80 valence electrons. The van der Waals surface area contributed by atoms with Crippen LogP contribution in [0.4, 0.5) is 0 Å². The van der Waals surface area contributed by atoms with Gasteiger partial charge < -0.3 is 9.30 Å². The summed E-state index contributed by atoms with van der Waals surface area (Å²) in [7, 11) is 1.74. The first kappa shape index (κ1) is 11.0. The molecule has 4 heteroatoms. The van der Waals surface area contributed by atoms with E-state index in [1.807, 2.05) is 0 Å². The molecule has 1 aromatic rings. The van der Waals surface area contributed by atoms with E-state index in [0.29, 0.717) is 19.1 Å². The second kappa shape index (κ2) is 5.00. The minimum absolute atomic E-state index is 0.0122. The van der Waals surface area contributed by atoms with E-state index in [-0.39, 0.29) is 5.69 Å². The summed E-state index contributed by atoms with van der Waals surface area (Å²) in [5, 5.41) is 0. The zero-order chi connectivity index (χ0) is 10.6. The molecule has 0 unspecified atom stereocenters. The molecule has 1 heterocycles. The van der Waals surface area contributed by atoms with Crippen LogP contribution < -0.4 is 5.69 Å². The maximum absolute atomic E-state index is 11.4. The summed E-state index contributed by atoms with van der Waals surface area (Å²) in [5.41, 5.74) is 0.0122. The topological polar surface area (TPSA) is 36.2 Å². The van der Waals surface area contributed by atoms with Gasteiger partial charge in [-0.2, -0.15) is 0 Å². The molecule has 1 rings (SSSR count). The van der Waals surface area contributed by atoms with E-state index in [0.717, 1.165) is 6.61 Å². The molecule has 0 saturated carbocycles. The van der Waals surface area contributed by atoms with E-state index < -0.39 is 0 Å². The first-order chi connectivity index (χ1) is 6.61. The Morgan fingerprint density at radius 3 is 2.64 bits per heavy atom. The average Bonchev–Trinajstić information content (AvgIpc) is 2.43. The maximum atomic E-state index is 11.4. The van der Waals surface area contributed by atoms with Gasteiger partial charge in [-0.25, -0.2) is 4.79 Å². The lowest BCUT2D eigenvalue weighted by atomic mass is 10.2. The Hall–Kier alpha value is -1.03. The summed E-state index contributed by atoms with van der Waals surface area (Å²) in [6.07, 6.45) is 3.53. The Kier molecular flexibility index (Phi) is 3.95. The number of rotatable bonds is 5. The van der Waals surface area contributed by atoms with Crippen molar-refractivity contribution >= 4 is 0 Å². The average molecular weight is 198 g/mol. The summed E-state index contributed by atoms with van der Waals surface area (Å²) in [5.74, 6) is 0.544. The summed E-state index contributed by atoms with van der Waals surface area (Å²) in [6.45, 7) is 6.19. The number of imidazole rings is 1. The Bertz CT molecular complexity index is 325. The van der Waals surface area contributed by atoms with Gasteiger partial charge in [-0.3, -0.25) is 4.57 Å². The van der Waals surface area contributed by atoms with Gasteiger partial charge >= 0.3 is 5.69 Å². The van der Waals surface area contributed by atoms with Gasteiger partial charge in [0.15, 0.2) is 0 Å². The quantitative estimate of drug-likeness (QED) is 0.658. The number of aromatic nitrogens is 2. The number of aryl methyl sites for hydroxylation is 1. The molecule has 1 aromatic heterocycles. The van der Waals surface area contributed by atoms with Crippen molar-refractivity contribution in [1.29, 1.82) is 0 Å². The molecular weight excluding hydrogens is 180 g/mol. The van der Waals surface area contributed by atoms with E-state index in [9.17, 15) is 4.79 Å². The molecule has 0 spiro atoms. The van der Waals surface area contributed by atoms with Crippen molar-refractivity contribution in [2.75, 3.05) is 13.2 Å². The number of hydrogen-bond donors (Lipinski definition) is 0. The molecule has 0 saturated heterocycles. The minimum Gasteiger partial charge on any atom is -0.379 e. The highest BCUT2D eigenvalue weighted by molar-refractivity contribution is 4.79. The second-order valence-corrected chi connectivity index (χ2v) is 3.85. The van der Waals surface area contributed by atoms with Crippen LogP contribution in [-0.4, -0.2) is 22.3 Å². The van der Waals surface area contributed by atoms with Crippen LogP contribution in [-0.2, 0) is 18.3 Å². The first-order valence-electron chi connectivity index (χ1n) is 4.90. The van der Waals surface area contributed by atoms with E-state index in [2.05, 4.69) is 13.8 Å². The van der Waals surface area contributed by atoms with Crippen LogP contribution in [0.5, 0.6) is 0 Å². The molecule has 0 N–H and O–H groups in total. The standard InChI is InChI=1S/C10H18N2O2/c1-9(2)8-14-7-6-12-5-4-11(3)10(12)13/h4-5,9H,6-8H2,1-3H3. The van der Waals surface area contributed by atoms with Crippen molar-refractivity contribution in [3.05, 3.63) is 22.9 Å². The van der Waals surface area contributed by atoms with Crippen molar-refractivity contribution in [1.82, 2.24) is 9.13 Å². The monoisotopic (exact) mass is 198 g/mol. The normalized spacial score (nSPS) is 11.1. The van der Waals surface area contributed by atoms with E-state index in [1.165, 1.54) is 0 Å². The first-order valence-corrected chi connectivity index (χ1v) is 4.90. The summed E-state index contributed by atoms with van der Waals surface area (Å²) in [4.78, 5) is 11.4. The van der Waals surface area contributed by atoms with Crippen molar-refractivity contribution in [2.45, 2.75) is 20.4 Å². The molecule has 0 aliphatic rings. The maximum Gasteiger partial charge on any atom is 0.327 e. The van der Waals surface area contributed by atoms with Crippen LogP contribution in [0.1, 0.15) is 13.8 Å². The number of hydrogen-bond acceptors (Lipinski definition) is 2. The van der Waals surface area contributed by atoms with E-state index >= 15 is 0 Å². The summed E-state index contributed by atoms with van der Waals surface area (Å²) >= 11 is 0.